The van der Waals surface area contributed by atoms with Gasteiger partial charge in [0.25, 0.3) is 5.91 Å². The first-order valence-corrected chi connectivity index (χ1v) is 10.8. The van der Waals surface area contributed by atoms with Crippen molar-refractivity contribution < 1.29 is 22.0 Å². The van der Waals surface area contributed by atoms with E-state index in [0.29, 0.717) is 10.2 Å². The van der Waals surface area contributed by atoms with Gasteiger partial charge >= 0.3 is 0 Å². The molecular weight excluding hydrogens is 434 g/mol. The minimum absolute atomic E-state index is 0.119. The first-order chi connectivity index (χ1) is 13.3. The van der Waals surface area contributed by atoms with E-state index in [-0.39, 0.29) is 22.7 Å². The maximum atomic E-state index is 14.8. The fourth-order valence-electron chi connectivity index (χ4n) is 2.33. The zero-order valence-electron chi connectivity index (χ0n) is 14.1. The zero-order valence-corrected chi connectivity index (χ0v) is 16.5. The number of anilines is 2. The van der Waals surface area contributed by atoms with Gasteiger partial charge in [0.2, 0.25) is 10.0 Å². The molecule has 0 spiro atoms. The number of carbonyl (C=O) groups excluding carboxylic acids is 1. The van der Waals surface area contributed by atoms with Crippen LogP contribution in [0.1, 0.15) is 16.8 Å². The number of fused-ring (bicyclic) bond motifs is 1. The Bertz CT molecular complexity index is 1140. The van der Waals surface area contributed by atoms with Gasteiger partial charge in [-0.3, -0.25) is 13.9 Å². The highest BCUT2D eigenvalue weighted by Crippen LogP contribution is 2.32. The van der Waals surface area contributed by atoms with Crippen LogP contribution in [-0.2, 0) is 10.0 Å². The maximum absolute atomic E-state index is 14.8. The Labute approximate surface area is 167 Å². The number of benzene rings is 1. The molecule has 28 heavy (non-hydrogen) atoms. The van der Waals surface area contributed by atoms with Crippen molar-refractivity contribution in [1.82, 2.24) is 9.97 Å². The molecule has 3 rings (SSSR count). The third-order valence-electron chi connectivity index (χ3n) is 3.62. The number of halogens is 3. The molecule has 1 amide bonds. The Morgan fingerprint density at radius 2 is 2.11 bits per heavy atom. The molecule has 7 nitrogen and oxygen atoms in total. The third kappa shape index (κ3) is 4.37. The molecule has 0 saturated carbocycles. The molecule has 0 fully saturated rings. The van der Waals surface area contributed by atoms with E-state index in [1.165, 1.54) is 23.7 Å². The van der Waals surface area contributed by atoms with Crippen molar-refractivity contribution in [3.63, 3.8) is 0 Å². The maximum Gasteiger partial charge on any atom is 0.258 e. The van der Waals surface area contributed by atoms with Crippen molar-refractivity contribution in [3.8, 4) is 0 Å². The van der Waals surface area contributed by atoms with Crippen LogP contribution in [0, 0.1) is 5.82 Å². The minimum atomic E-state index is -3.95. The van der Waals surface area contributed by atoms with Crippen molar-refractivity contribution >= 4 is 60.5 Å². The Hall–Kier alpha value is -2.37. The molecule has 0 aliphatic heterocycles. The molecule has 148 valence electrons. The lowest BCUT2D eigenvalue weighted by atomic mass is 10.2. The Balaban J connectivity index is 1.89. The number of alkyl halides is 1. The van der Waals surface area contributed by atoms with Crippen LogP contribution >= 0.6 is 22.9 Å². The normalized spacial score (nSPS) is 11.5. The molecule has 0 saturated heterocycles. The van der Waals surface area contributed by atoms with Gasteiger partial charge < -0.3 is 5.32 Å². The second-order valence-electron chi connectivity index (χ2n) is 5.59. The van der Waals surface area contributed by atoms with Crippen LogP contribution in [0.3, 0.4) is 0 Å². The van der Waals surface area contributed by atoms with E-state index >= 15 is 0 Å². The van der Waals surface area contributed by atoms with Gasteiger partial charge in [0.1, 0.15) is 6.33 Å². The quantitative estimate of drug-likeness (QED) is 0.574. The van der Waals surface area contributed by atoms with Crippen molar-refractivity contribution in [3.05, 3.63) is 46.4 Å². The third-order valence-corrected chi connectivity index (χ3v) is 6.20. The molecule has 0 radical (unpaired) electrons. The summed E-state index contributed by atoms with van der Waals surface area (Å²) in [6, 6.07) is 2.36. The lowest BCUT2D eigenvalue weighted by Gasteiger charge is -2.13. The van der Waals surface area contributed by atoms with Gasteiger partial charge in [-0.1, -0.05) is 11.6 Å². The van der Waals surface area contributed by atoms with E-state index in [9.17, 15) is 22.0 Å². The van der Waals surface area contributed by atoms with Crippen molar-refractivity contribution in [2.45, 2.75) is 6.42 Å². The number of aromatic nitrogens is 2. The summed E-state index contributed by atoms with van der Waals surface area (Å²) >= 11 is 7.22. The van der Waals surface area contributed by atoms with E-state index in [0.717, 1.165) is 6.07 Å². The molecule has 0 bridgehead atoms. The second-order valence-corrected chi connectivity index (χ2v) is 8.75. The highest BCUT2D eigenvalue weighted by molar-refractivity contribution is 7.92. The van der Waals surface area contributed by atoms with Crippen LogP contribution < -0.4 is 10.0 Å². The summed E-state index contributed by atoms with van der Waals surface area (Å²) in [6.45, 7) is -0.816. The predicted molar refractivity (Wildman–Crippen MR) is 105 cm³/mol. The lowest BCUT2D eigenvalue weighted by molar-refractivity contribution is 0.102. The minimum Gasteiger partial charge on any atom is -0.318 e. The van der Waals surface area contributed by atoms with Gasteiger partial charge in [0.15, 0.2) is 5.82 Å². The standard InChI is InChI=1S/C16H13ClF2N4O3S2/c17-10-2-3-11(23-28(25,26)5-1-4-18)13(19)15(10)22-16(24)9-7-27-12-6-20-8-21-14(9)12/h2-3,6-8,23H,1,4-5H2,(H,22,24). The summed E-state index contributed by atoms with van der Waals surface area (Å²) in [5.74, 6) is -2.23. The molecule has 2 N–H and O–H groups in total. The molecule has 0 aliphatic rings. The summed E-state index contributed by atoms with van der Waals surface area (Å²) in [5, 5.41) is 3.77. The number of rotatable bonds is 7. The van der Waals surface area contributed by atoms with E-state index in [4.69, 9.17) is 11.6 Å². The number of hydrogen-bond acceptors (Lipinski definition) is 6. The number of nitrogens with one attached hydrogen (secondary N) is 2. The Kier molecular flexibility index (Phi) is 6.06. The van der Waals surface area contributed by atoms with Crippen LogP contribution in [0.4, 0.5) is 20.2 Å². The first kappa shape index (κ1) is 20.4. The highest BCUT2D eigenvalue weighted by atomic mass is 35.5. The summed E-state index contributed by atoms with van der Waals surface area (Å²) in [6.07, 6.45) is 2.61. The average Bonchev–Trinajstić information content (AvgIpc) is 3.10. The fourth-order valence-corrected chi connectivity index (χ4v) is 4.47. The Morgan fingerprint density at radius 1 is 1.32 bits per heavy atom. The number of amides is 1. The van der Waals surface area contributed by atoms with Crippen LogP contribution in [0.5, 0.6) is 0 Å². The molecule has 0 aliphatic carbocycles. The monoisotopic (exact) mass is 446 g/mol. The topological polar surface area (TPSA) is 101 Å². The van der Waals surface area contributed by atoms with Gasteiger partial charge in [-0.05, 0) is 18.6 Å². The van der Waals surface area contributed by atoms with Gasteiger partial charge in [-0.25, -0.2) is 22.8 Å². The van der Waals surface area contributed by atoms with E-state index in [2.05, 4.69) is 15.3 Å². The number of nitrogens with zero attached hydrogens (tertiary/aromatic N) is 2. The van der Waals surface area contributed by atoms with Crippen molar-refractivity contribution in [2.75, 3.05) is 22.5 Å². The largest absolute Gasteiger partial charge is 0.318 e. The smallest absolute Gasteiger partial charge is 0.258 e. The summed E-state index contributed by atoms with van der Waals surface area (Å²) in [4.78, 5) is 20.5. The molecule has 1 aromatic carbocycles. The zero-order chi connectivity index (χ0) is 20.3. The van der Waals surface area contributed by atoms with Crippen molar-refractivity contribution in [1.29, 1.82) is 0 Å². The molecular formula is C16H13ClF2N4O3S2. The number of thiophene rings is 1. The van der Waals surface area contributed by atoms with Gasteiger partial charge in [-0.2, -0.15) is 0 Å². The second kappa shape index (κ2) is 8.33. The summed E-state index contributed by atoms with van der Waals surface area (Å²) in [5.41, 5.74) is -0.189. The lowest BCUT2D eigenvalue weighted by Crippen LogP contribution is -2.19. The number of hydrogen-bond donors (Lipinski definition) is 2. The molecule has 12 heteroatoms. The SMILES string of the molecule is O=C(Nc1c(Cl)ccc(NS(=O)(=O)CCCF)c1F)c1csc2cncnc12. The van der Waals surface area contributed by atoms with Crippen molar-refractivity contribution in [2.24, 2.45) is 0 Å². The highest BCUT2D eigenvalue weighted by Gasteiger charge is 2.21. The average molecular weight is 447 g/mol. The van der Waals surface area contributed by atoms with Crippen LogP contribution in [-0.4, -0.2) is 36.7 Å². The van der Waals surface area contributed by atoms with E-state index < -0.39 is 39.9 Å². The van der Waals surface area contributed by atoms with Gasteiger partial charge in [0, 0.05) is 11.6 Å². The van der Waals surface area contributed by atoms with Crippen LogP contribution in [0.25, 0.3) is 10.2 Å². The Morgan fingerprint density at radius 3 is 2.86 bits per heavy atom. The van der Waals surface area contributed by atoms with Crippen LogP contribution in [0.2, 0.25) is 5.02 Å². The molecule has 2 heterocycles. The fraction of sp³-hybridized carbons (Fsp3) is 0.188. The van der Waals surface area contributed by atoms with Gasteiger partial charge in [-0.15, -0.1) is 11.3 Å². The molecule has 0 atom stereocenters. The van der Waals surface area contributed by atoms with E-state index in [1.54, 1.807) is 11.6 Å². The number of sulfonamides is 1. The predicted octanol–water partition coefficient (Wildman–Crippen LogP) is 3.84. The summed E-state index contributed by atoms with van der Waals surface area (Å²) < 4.78 is 53.5. The number of carbonyl (C=O) groups is 1. The first-order valence-electron chi connectivity index (χ1n) is 7.85. The molecule has 3 aromatic rings. The van der Waals surface area contributed by atoms with E-state index in [1.807, 2.05) is 4.72 Å². The van der Waals surface area contributed by atoms with Gasteiger partial charge in [0.05, 0.1) is 44.6 Å². The van der Waals surface area contributed by atoms with Crippen LogP contribution in [0.15, 0.2) is 30.0 Å². The summed E-state index contributed by atoms with van der Waals surface area (Å²) in [7, 11) is -3.95. The molecule has 2 aromatic heterocycles. The molecule has 0 unspecified atom stereocenters.